The Balaban J connectivity index is 0.000000210. The maximum atomic E-state index is 5.47. The number of hydrogen-bond acceptors (Lipinski definition) is 1. The number of aryl methyl sites for hydroxylation is 1. The fourth-order valence-electron chi connectivity index (χ4n) is 3.37. The average molecular weight is 309 g/mol. The molecule has 20 heavy (non-hydrogen) atoms. The molecule has 2 aromatic carbocycles. The molecule has 1 nitrogen and oxygen atoms in total. The van der Waals surface area contributed by atoms with E-state index in [0.717, 1.165) is 13.2 Å². The maximum Gasteiger partial charge on any atom is 0.0474 e. The summed E-state index contributed by atoms with van der Waals surface area (Å²) in [6.07, 6.45) is 5.07. The molecule has 108 valence electrons. The monoisotopic (exact) mass is 309 g/mol. The minimum atomic E-state index is 0. The normalized spacial score (nSPS) is 18.6. The van der Waals surface area contributed by atoms with Gasteiger partial charge in [-0.25, -0.2) is 12.1 Å². The van der Waals surface area contributed by atoms with Crippen molar-refractivity contribution >= 4 is 0 Å². The Morgan fingerprint density at radius 2 is 1.60 bits per heavy atom. The van der Waals surface area contributed by atoms with Crippen molar-refractivity contribution in [2.24, 2.45) is 0 Å². The van der Waals surface area contributed by atoms with Gasteiger partial charge in [-0.15, -0.1) is 0 Å². The summed E-state index contributed by atoms with van der Waals surface area (Å²) < 4.78 is 5.47. The summed E-state index contributed by atoms with van der Waals surface area (Å²) >= 11 is 0. The van der Waals surface area contributed by atoms with Gasteiger partial charge in [0.1, 0.15) is 0 Å². The summed E-state index contributed by atoms with van der Waals surface area (Å²) in [5, 5.41) is 0. The molecule has 1 heterocycles. The zero-order valence-electron chi connectivity index (χ0n) is 11.7. The largest absolute Gasteiger partial charge is 0.381 e. The summed E-state index contributed by atoms with van der Waals surface area (Å²) in [6, 6.07) is 19.0. The molecule has 2 heteroatoms. The van der Waals surface area contributed by atoms with E-state index in [0.29, 0.717) is 5.41 Å². The second kappa shape index (κ2) is 7.17. The first-order valence-electron chi connectivity index (χ1n) is 7.24. The van der Waals surface area contributed by atoms with Crippen LogP contribution in [0.5, 0.6) is 0 Å². The third kappa shape index (κ3) is 3.20. The second-order valence-electron chi connectivity index (χ2n) is 5.51. The van der Waals surface area contributed by atoms with Crippen LogP contribution < -0.4 is 0 Å². The Labute approximate surface area is 132 Å². The second-order valence-corrected chi connectivity index (χ2v) is 5.51. The summed E-state index contributed by atoms with van der Waals surface area (Å²) in [5.74, 6) is 0. The Morgan fingerprint density at radius 1 is 0.900 bits per heavy atom. The number of benzene rings is 1. The van der Waals surface area contributed by atoms with E-state index in [9.17, 15) is 0 Å². The van der Waals surface area contributed by atoms with Gasteiger partial charge in [0.05, 0.1) is 0 Å². The van der Waals surface area contributed by atoms with Crippen LogP contribution in [0.2, 0.25) is 0 Å². The number of fused-ring (bicyclic) bond motifs is 2. The minimum absolute atomic E-state index is 0. The molecule has 4 rings (SSSR count). The molecule has 1 aliphatic carbocycles. The molecule has 0 N–H and O–H groups in total. The zero-order valence-corrected chi connectivity index (χ0v) is 12.8. The molecule has 1 fully saturated rings. The Kier molecular flexibility index (Phi) is 5.54. The third-order valence-electron chi connectivity index (χ3n) is 4.47. The van der Waals surface area contributed by atoms with E-state index in [1.807, 2.05) is 30.3 Å². The van der Waals surface area contributed by atoms with Crippen molar-refractivity contribution < 1.29 is 21.8 Å². The summed E-state index contributed by atoms with van der Waals surface area (Å²) in [4.78, 5) is 0. The first-order chi connectivity index (χ1) is 9.41. The Hall–Kier alpha value is -0.951. The maximum absolute atomic E-state index is 5.47. The molecule has 0 saturated carbocycles. The molecule has 0 radical (unpaired) electrons. The van der Waals surface area contributed by atoms with Gasteiger partial charge in [0.15, 0.2) is 0 Å². The van der Waals surface area contributed by atoms with Gasteiger partial charge in [0.2, 0.25) is 0 Å². The summed E-state index contributed by atoms with van der Waals surface area (Å²) in [5.41, 5.74) is 3.67. The molecule has 0 aromatic heterocycles. The van der Waals surface area contributed by atoms with Crippen LogP contribution >= 0.6 is 0 Å². The van der Waals surface area contributed by atoms with Gasteiger partial charge in [0.25, 0.3) is 0 Å². The number of ether oxygens (including phenoxy) is 1. The molecular weight excluding hydrogens is 288 g/mol. The molecular formula is C18H21FeO-. The molecule has 2 aromatic rings. The van der Waals surface area contributed by atoms with Crippen molar-refractivity contribution in [1.82, 2.24) is 0 Å². The van der Waals surface area contributed by atoms with E-state index in [-0.39, 0.29) is 17.1 Å². The van der Waals surface area contributed by atoms with Gasteiger partial charge < -0.3 is 4.74 Å². The van der Waals surface area contributed by atoms with Gasteiger partial charge >= 0.3 is 0 Å². The standard InChI is InChI=1S/C13H16O.C5H5.Fe/c1-2-4-12-11(3-1)5-6-13(12)7-9-14-10-8-13;1-2-4-5-3-1;/h1-4H,5-10H2;1-5H;/q;-1;. The fourth-order valence-corrected chi connectivity index (χ4v) is 3.37. The van der Waals surface area contributed by atoms with Gasteiger partial charge in [-0.2, -0.15) is 18.2 Å². The van der Waals surface area contributed by atoms with Gasteiger partial charge in [-0.05, 0) is 36.8 Å². The van der Waals surface area contributed by atoms with Gasteiger partial charge in [-0.1, -0.05) is 24.3 Å². The van der Waals surface area contributed by atoms with Crippen LogP contribution in [0.25, 0.3) is 0 Å². The van der Waals surface area contributed by atoms with Crippen molar-refractivity contribution in [1.29, 1.82) is 0 Å². The van der Waals surface area contributed by atoms with Gasteiger partial charge in [-0.3, -0.25) is 0 Å². The number of rotatable bonds is 0. The van der Waals surface area contributed by atoms with Crippen LogP contribution in [-0.4, -0.2) is 13.2 Å². The molecule has 0 bridgehead atoms. The molecule has 1 aliphatic heterocycles. The van der Waals surface area contributed by atoms with Crippen LogP contribution in [0.15, 0.2) is 54.6 Å². The SMILES string of the molecule is [Fe].c1cc[cH-]c1.c1ccc2c(c1)CCC21CCOCC1. The summed E-state index contributed by atoms with van der Waals surface area (Å²) in [6.45, 7) is 1.91. The van der Waals surface area contributed by atoms with Crippen molar-refractivity contribution in [3.05, 3.63) is 65.7 Å². The van der Waals surface area contributed by atoms with Crippen LogP contribution in [0, 0.1) is 0 Å². The van der Waals surface area contributed by atoms with E-state index in [1.54, 1.807) is 11.1 Å². The van der Waals surface area contributed by atoms with Crippen LogP contribution in [0.3, 0.4) is 0 Å². The van der Waals surface area contributed by atoms with Crippen molar-refractivity contribution in [2.75, 3.05) is 13.2 Å². The van der Waals surface area contributed by atoms with E-state index in [2.05, 4.69) is 24.3 Å². The zero-order chi connectivity index (χ0) is 13.0. The first kappa shape index (κ1) is 15.4. The van der Waals surface area contributed by atoms with Crippen LogP contribution in [0.1, 0.15) is 30.4 Å². The third-order valence-corrected chi connectivity index (χ3v) is 4.47. The van der Waals surface area contributed by atoms with Gasteiger partial charge in [0, 0.05) is 35.7 Å². The van der Waals surface area contributed by atoms with E-state index >= 15 is 0 Å². The Morgan fingerprint density at radius 3 is 2.25 bits per heavy atom. The summed E-state index contributed by atoms with van der Waals surface area (Å²) in [7, 11) is 0. The Bertz CT molecular complexity index is 475. The molecule has 0 amide bonds. The van der Waals surface area contributed by atoms with Crippen molar-refractivity contribution in [3.63, 3.8) is 0 Å². The quantitative estimate of drug-likeness (QED) is 0.526. The minimum Gasteiger partial charge on any atom is -0.381 e. The predicted molar refractivity (Wildman–Crippen MR) is 78.5 cm³/mol. The first-order valence-corrected chi connectivity index (χ1v) is 7.24. The van der Waals surface area contributed by atoms with E-state index in [4.69, 9.17) is 4.74 Å². The van der Waals surface area contributed by atoms with Crippen LogP contribution in [-0.2, 0) is 33.6 Å². The predicted octanol–water partition coefficient (Wildman–Crippen LogP) is 4.08. The molecule has 0 unspecified atom stereocenters. The fraction of sp³-hybridized carbons (Fsp3) is 0.389. The topological polar surface area (TPSA) is 9.23 Å². The average Bonchev–Trinajstić information content (AvgIpc) is 3.14. The van der Waals surface area contributed by atoms with E-state index in [1.165, 1.54) is 25.7 Å². The number of hydrogen-bond donors (Lipinski definition) is 0. The smallest absolute Gasteiger partial charge is 0.0474 e. The van der Waals surface area contributed by atoms with E-state index < -0.39 is 0 Å². The van der Waals surface area contributed by atoms with Crippen molar-refractivity contribution in [3.8, 4) is 0 Å². The van der Waals surface area contributed by atoms with Crippen molar-refractivity contribution in [2.45, 2.75) is 31.1 Å². The molecule has 2 aliphatic rings. The molecule has 1 spiro atoms. The molecule has 1 saturated heterocycles. The van der Waals surface area contributed by atoms with Crippen LogP contribution in [0.4, 0.5) is 0 Å². The molecule has 0 atom stereocenters.